The fourth-order valence-corrected chi connectivity index (χ4v) is 5.23. The molecule has 3 unspecified atom stereocenters. The van der Waals surface area contributed by atoms with Gasteiger partial charge >= 0.3 is 0 Å². The Hall–Kier alpha value is -2.70. The van der Waals surface area contributed by atoms with E-state index in [0.29, 0.717) is 25.9 Å². The average Bonchev–Trinajstić information content (AvgIpc) is 2.81. The molecule has 0 radical (unpaired) electrons. The van der Waals surface area contributed by atoms with Gasteiger partial charge in [0, 0.05) is 45.6 Å². The molecular weight excluding hydrogens is 438 g/mol. The van der Waals surface area contributed by atoms with Crippen molar-refractivity contribution in [3.63, 3.8) is 0 Å². The Kier molecular flexibility index (Phi) is 8.24. The molecule has 6 heteroatoms. The average molecular weight is 478 g/mol. The van der Waals surface area contributed by atoms with Crippen molar-refractivity contribution in [1.82, 2.24) is 15.1 Å². The third-order valence-corrected chi connectivity index (χ3v) is 6.85. The molecule has 1 fully saturated rings. The number of fused-ring (bicyclic) bond motifs is 1. The third-order valence-electron chi connectivity index (χ3n) is 6.85. The highest BCUT2D eigenvalue weighted by atomic mass is 16.5. The van der Waals surface area contributed by atoms with Crippen LogP contribution in [0, 0.1) is 5.92 Å². The second-order valence-corrected chi connectivity index (χ2v) is 10.6. The molecule has 35 heavy (non-hydrogen) atoms. The number of benzene rings is 2. The van der Waals surface area contributed by atoms with Gasteiger partial charge in [-0.1, -0.05) is 62.4 Å². The van der Waals surface area contributed by atoms with E-state index in [9.17, 15) is 9.59 Å². The van der Waals surface area contributed by atoms with Crippen LogP contribution in [0.1, 0.15) is 56.4 Å². The molecule has 2 heterocycles. The van der Waals surface area contributed by atoms with Gasteiger partial charge in [-0.15, -0.1) is 0 Å². The summed E-state index contributed by atoms with van der Waals surface area (Å²) in [4.78, 5) is 30.4. The lowest BCUT2D eigenvalue weighted by Gasteiger charge is -2.36. The molecule has 2 aromatic rings. The van der Waals surface area contributed by atoms with Crippen LogP contribution in [-0.4, -0.2) is 53.0 Å². The number of ether oxygens (including phenoxy) is 1. The Bertz CT molecular complexity index is 1010. The Morgan fingerprint density at radius 1 is 0.971 bits per heavy atom. The number of carbonyl (C=O) groups excluding carboxylic acids is 2. The Morgan fingerprint density at radius 3 is 2.26 bits per heavy atom. The highest BCUT2D eigenvalue weighted by Gasteiger charge is 2.34. The van der Waals surface area contributed by atoms with Crippen molar-refractivity contribution in [3.05, 3.63) is 70.8 Å². The van der Waals surface area contributed by atoms with Crippen LogP contribution in [0.2, 0.25) is 0 Å². The molecule has 4 rings (SSSR count). The number of morpholine rings is 1. The maximum Gasteiger partial charge on any atom is 0.243 e. The summed E-state index contributed by atoms with van der Waals surface area (Å²) in [6, 6.07) is 16.1. The molecule has 188 valence electrons. The van der Waals surface area contributed by atoms with Crippen LogP contribution in [0.15, 0.2) is 48.5 Å². The zero-order valence-corrected chi connectivity index (χ0v) is 21.5. The number of amides is 2. The van der Waals surface area contributed by atoms with E-state index in [2.05, 4.69) is 60.5 Å². The van der Waals surface area contributed by atoms with Gasteiger partial charge in [-0.3, -0.25) is 14.5 Å². The standard InChI is InChI=1S/C29H39N3O3/c1-20(2)13-28(33)32-19-26-8-6-5-7-25(26)14-27(32)29(34)30-15-23-9-11-24(12-10-23)18-31-16-21(3)35-22(4)17-31/h5-12,20-22,27H,13-19H2,1-4H3,(H,30,34). The molecule has 6 nitrogen and oxygen atoms in total. The first-order valence-electron chi connectivity index (χ1n) is 12.9. The number of rotatable bonds is 7. The summed E-state index contributed by atoms with van der Waals surface area (Å²) < 4.78 is 5.83. The number of nitrogens with zero attached hydrogens (tertiary/aromatic N) is 2. The summed E-state index contributed by atoms with van der Waals surface area (Å²) in [5.74, 6) is 0.216. The van der Waals surface area contributed by atoms with Gasteiger partial charge in [0.1, 0.15) is 6.04 Å². The first-order valence-corrected chi connectivity index (χ1v) is 12.9. The van der Waals surface area contributed by atoms with E-state index in [-0.39, 0.29) is 29.9 Å². The van der Waals surface area contributed by atoms with Crippen molar-refractivity contribution in [2.75, 3.05) is 13.1 Å². The summed E-state index contributed by atoms with van der Waals surface area (Å²) in [6.07, 6.45) is 1.52. The maximum atomic E-state index is 13.2. The van der Waals surface area contributed by atoms with E-state index in [4.69, 9.17) is 4.74 Å². The summed E-state index contributed by atoms with van der Waals surface area (Å²) in [7, 11) is 0. The molecule has 0 saturated carbocycles. The van der Waals surface area contributed by atoms with Gasteiger partial charge in [0.25, 0.3) is 0 Å². The van der Waals surface area contributed by atoms with Crippen LogP contribution >= 0.6 is 0 Å². The smallest absolute Gasteiger partial charge is 0.243 e. The molecule has 0 spiro atoms. The first-order chi connectivity index (χ1) is 16.8. The summed E-state index contributed by atoms with van der Waals surface area (Å²) in [5, 5.41) is 3.09. The minimum Gasteiger partial charge on any atom is -0.373 e. The van der Waals surface area contributed by atoms with Crippen LogP contribution in [0.5, 0.6) is 0 Å². The topological polar surface area (TPSA) is 61.9 Å². The lowest BCUT2D eigenvalue weighted by molar-refractivity contribution is -0.142. The highest BCUT2D eigenvalue weighted by molar-refractivity contribution is 5.88. The molecular formula is C29H39N3O3. The molecule has 0 bridgehead atoms. The van der Waals surface area contributed by atoms with Gasteiger partial charge in [0.15, 0.2) is 0 Å². The Morgan fingerprint density at radius 2 is 1.60 bits per heavy atom. The summed E-state index contributed by atoms with van der Waals surface area (Å²) in [6.45, 7) is 12.1. The molecule has 2 amide bonds. The van der Waals surface area contributed by atoms with Gasteiger partial charge in [-0.05, 0) is 42.0 Å². The molecule has 0 aliphatic carbocycles. The quantitative estimate of drug-likeness (QED) is 0.657. The molecule has 2 aromatic carbocycles. The number of carbonyl (C=O) groups is 2. The third kappa shape index (κ3) is 6.71. The predicted octanol–water partition coefficient (Wildman–Crippen LogP) is 3.91. The van der Waals surface area contributed by atoms with Crippen LogP contribution in [0.3, 0.4) is 0 Å². The Labute approximate surface area is 209 Å². The van der Waals surface area contributed by atoms with E-state index < -0.39 is 6.04 Å². The maximum absolute atomic E-state index is 13.2. The molecule has 3 atom stereocenters. The second kappa shape index (κ2) is 11.4. The second-order valence-electron chi connectivity index (χ2n) is 10.6. The number of hydrogen-bond donors (Lipinski definition) is 1. The molecule has 2 aliphatic rings. The van der Waals surface area contributed by atoms with Crippen LogP contribution < -0.4 is 5.32 Å². The van der Waals surface area contributed by atoms with E-state index in [1.54, 1.807) is 4.90 Å². The van der Waals surface area contributed by atoms with Gasteiger partial charge in [-0.25, -0.2) is 0 Å². The summed E-state index contributed by atoms with van der Waals surface area (Å²) in [5.41, 5.74) is 4.60. The van der Waals surface area contributed by atoms with Crippen molar-refractivity contribution in [1.29, 1.82) is 0 Å². The van der Waals surface area contributed by atoms with Gasteiger partial charge < -0.3 is 15.0 Å². The van der Waals surface area contributed by atoms with Gasteiger partial charge in [-0.2, -0.15) is 0 Å². The van der Waals surface area contributed by atoms with Crippen LogP contribution in [0.25, 0.3) is 0 Å². The fraction of sp³-hybridized carbons (Fsp3) is 0.517. The number of nitrogens with one attached hydrogen (secondary N) is 1. The van der Waals surface area contributed by atoms with Crippen molar-refractivity contribution < 1.29 is 14.3 Å². The van der Waals surface area contributed by atoms with Crippen molar-refractivity contribution in [3.8, 4) is 0 Å². The highest BCUT2D eigenvalue weighted by Crippen LogP contribution is 2.25. The van der Waals surface area contributed by atoms with Crippen LogP contribution in [-0.2, 0) is 40.4 Å². The van der Waals surface area contributed by atoms with E-state index in [1.165, 1.54) is 5.56 Å². The van der Waals surface area contributed by atoms with Crippen LogP contribution in [0.4, 0.5) is 0 Å². The van der Waals surface area contributed by atoms with E-state index in [0.717, 1.165) is 36.3 Å². The first kappa shape index (κ1) is 25.4. The lowest BCUT2D eigenvalue weighted by atomic mass is 9.92. The van der Waals surface area contributed by atoms with Crippen molar-refractivity contribution >= 4 is 11.8 Å². The lowest BCUT2D eigenvalue weighted by Crippen LogP contribution is -2.52. The fourth-order valence-electron chi connectivity index (χ4n) is 5.23. The van der Waals surface area contributed by atoms with Gasteiger partial charge in [0.05, 0.1) is 12.2 Å². The van der Waals surface area contributed by atoms with E-state index >= 15 is 0 Å². The summed E-state index contributed by atoms with van der Waals surface area (Å²) >= 11 is 0. The molecule has 1 saturated heterocycles. The SMILES string of the molecule is CC(C)CC(=O)N1Cc2ccccc2CC1C(=O)NCc1ccc(CN2CC(C)OC(C)C2)cc1. The normalized spacial score (nSPS) is 22.7. The van der Waals surface area contributed by atoms with Gasteiger partial charge in [0.2, 0.25) is 11.8 Å². The zero-order valence-electron chi connectivity index (χ0n) is 21.5. The molecule has 1 N–H and O–H groups in total. The molecule has 0 aromatic heterocycles. The minimum absolute atomic E-state index is 0.0470. The number of hydrogen-bond acceptors (Lipinski definition) is 4. The minimum atomic E-state index is -0.472. The Balaban J connectivity index is 1.37. The zero-order chi connectivity index (χ0) is 24.9. The largest absolute Gasteiger partial charge is 0.373 e. The van der Waals surface area contributed by atoms with Crippen molar-refractivity contribution in [2.45, 2.75) is 78.4 Å². The van der Waals surface area contributed by atoms with Crippen molar-refractivity contribution in [2.24, 2.45) is 5.92 Å². The molecule has 2 aliphatic heterocycles. The predicted molar refractivity (Wildman–Crippen MR) is 138 cm³/mol. The monoisotopic (exact) mass is 477 g/mol. The van der Waals surface area contributed by atoms with E-state index in [1.807, 2.05) is 26.0 Å².